The van der Waals surface area contributed by atoms with Crippen LogP contribution in [0.3, 0.4) is 0 Å². The van der Waals surface area contributed by atoms with Gasteiger partial charge in [-0.3, -0.25) is 0 Å². The minimum Gasteiger partial charge on any atom is -0.304 e. The fourth-order valence-corrected chi connectivity index (χ4v) is 2.84. The van der Waals surface area contributed by atoms with E-state index in [-0.39, 0.29) is 17.9 Å². The summed E-state index contributed by atoms with van der Waals surface area (Å²) in [5.74, 6) is -0.165. The summed E-state index contributed by atoms with van der Waals surface area (Å²) in [6.45, 7) is 4.06. The van der Waals surface area contributed by atoms with Gasteiger partial charge in [-0.2, -0.15) is 0 Å². The van der Waals surface area contributed by atoms with Crippen molar-refractivity contribution < 1.29 is 4.39 Å². The van der Waals surface area contributed by atoms with Crippen LogP contribution in [0.2, 0.25) is 0 Å². The van der Waals surface area contributed by atoms with Gasteiger partial charge in [0.2, 0.25) is 0 Å². The van der Waals surface area contributed by atoms with Crippen LogP contribution in [0.25, 0.3) is 0 Å². The van der Waals surface area contributed by atoms with E-state index in [0.717, 1.165) is 4.47 Å². The molecule has 0 fully saturated rings. The Kier molecular flexibility index (Phi) is 4.72. The lowest BCUT2D eigenvalue weighted by atomic mass is 10.0. The van der Waals surface area contributed by atoms with Crippen LogP contribution in [0, 0.1) is 5.82 Å². The molecule has 0 heterocycles. The fourth-order valence-electron chi connectivity index (χ4n) is 2.21. The van der Waals surface area contributed by atoms with Gasteiger partial charge in [0.1, 0.15) is 5.82 Å². The molecule has 0 radical (unpaired) electrons. The van der Waals surface area contributed by atoms with Crippen LogP contribution in [0.5, 0.6) is 0 Å². The Bertz CT molecular complexity index is 506. The first-order chi connectivity index (χ1) is 9.09. The van der Waals surface area contributed by atoms with E-state index in [2.05, 4.69) is 34.2 Å². The molecule has 2 rings (SSSR count). The maximum Gasteiger partial charge on any atom is 0.127 e. The molecule has 0 amide bonds. The Balaban J connectivity index is 2.13. The molecule has 1 N–H and O–H groups in total. The topological polar surface area (TPSA) is 12.0 Å². The second-order valence-electron chi connectivity index (χ2n) is 4.65. The lowest BCUT2D eigenvalue weighted by molar-refractivity contribution is 0.473. The first-order valence-electron chi connectivity index (χ1n) is 6.34. The molecule has 100 valence electrons. The molecule has 0 aliphatic heterocycles. The van der Waals surface area contributed by atoms with Gasteiger partial charge in [0.15, 0.2) is 0 Å². The number of hydrogen-bond donors (Lipinski definition) is 1. The van der Waals surface area contributed by atoms with Crippen LogP contribution < -0.4 is 5.32 Å². The zero-order valence-corrected chi connectivity index (χ0v) is 12.6. The number of hydrogen-bond acceptors (Lipinski definition) is 1. The van der Waals surface area contributed by atoms with Crippen LogP contribution in [0.4, 0.5) is 4.39 Å². The summed E-state index contributed by atoms with van der Waals surface area (Å²) in [6, 6.07) is 15.1. The Labute approximate surface area is 122 Å². The van der Waals surface area contributed by atoms with E-state index in [1.54, 1.807) is 6.07 Å². The van der Waals surface area contributed by atoms with Crippen molar-refractivity contribution >= 4 is 15.9 Å². The third kappa shape index (κ3) is 3.43. The summed E-state index contributed by atoms with van der Waals surface area (Å²) in [6.07, 6.45) is 0. The van der Waals surface area contributed by atoms with E-state index in [4.69, 9.17) is 0 Å². The Morgan fingerprint density at radius 3 is 2.05 bits per heavy atom. The van der Waals surface area contributed by atoms with E-state index in [0.29, 0.717) is 5.56 Å². The lowest BCUT2D eigenvalue weighted by Gasteiger charge is -2.22. The molecule has 2 aromatic carbocycles. The highest BCUT2D eigenvalue weighted by Gasteiger charge is 2.15. The fraction of sp³-hybridized carbons (Fsp3) is 0.250. The molecule has 0 bridgehead atoms. The minimum atomic E-state index is -0.165. The van der Waals surface area contributed by atoms with Gasteiger partial charge in [-0.05, 0) is 31.5 Å². The molecule has 0 aromatic heterocycles. The first-order valence-corrected chi connectivity index (χ1v) is 7.14. The molecule has 3 heteroatoms. The molecule has 0 spiro atoms. The molecular weight excluding hydrogens is 305 g/mol. The van der Waals surface area contributed by atoms with Crippen LogP contribution >= 0.6 is 15.9 Å². The van der Waals surface area contributed by atoms with Crippen molar-refractivity contribution in [1.82, 2.24) is 5.32 Å². The molecule has 0 saturated carbocycles. The normalized spacial score (nSPS) is 14.1. The van der Waals surface area contributed by atoms with Crippen molar-refractivity contribution in [2.75, 3.05) is 0 Å². The van der Waals surface area contributed by atoms with E-state index in [1.165, 1.54) is 11.6 Å². The van der Waals surface area contributed by atoms with Crippen LogP contribution in [-0.2, 0) is 0 Å². The zero-order valence-electron chi connectivity index (χ0n) is 11.0. The molecule has 0 saturated heterocycles. The van der Waals surface area contributed by atoms with Crippen LogP contribution in [0.15, 0.2) is 53.0 Å². The molecule has 0 aliphatic rings. The Morgan fingerprint density at radius 2 is 1.42 bits per heavy atom. The minimum absolute atomic E-state index is 0.0386. The van der Waals surface area contributed by atoms with Crippen molar-refractivity contribution in [2.45, 2.75) is 25.9 Å². The van der Waals surface area contributed by atoms with Gasteiger partial charge in [0.05, 0.1) is 0 Å². The van der Waals surface area contributed by atoms with E-state index in [1.807, 2.05) is 37.3 Å². The number of nitrogens with one attached hydrogen (secondary N) is 1. The van der Waals surface area contributed by atoms with Gasteiger partial charge in [0.25, 0.3) is 0 Å². The second kappa shape index (κ2) is 6.31. The molecule has 0 aliphatic carbocycles. The van der Waals surface area contributed by atoms with Crippen molar-refractivity contribution in [3.8, 4) is 0 Å². The predicted octanol–water partition coefficient (Wildman–Crippen LogP) is 5.00. The Morgan fingerprint density at radius 1 is 0.895 bits per heavy atom. The summed E-state index contributed by atoms with van der Waals surface area (Å²) in [4.78, 5) is 0. The highest BCUT2D eigenvalue weighted by molar-refractivity contribution is 9.10. The Hall–Kier alpha value is -1.19. The van der Waals surface area contributed by atoms with Crippen molar-refractivity contribution in [1.29, 1.82) is 0 Å². The number of halogens is 2. The summed E-state index contributed by atoms with van der Waals surface area (Å²) in [5, 5.41) is 3.42. The quantitative estimate of drug-likeness (QED) is 0.835. The summed E-state index contributed by atoms with van der Waals surface area (Å²) in [5.41, 5.74) is 1.87. The van der Waals surface area contributed by atoms with Crippen molar-refractivity contribution in [3.63, 3.8) is 0 Å². The van der Waals surface area contributed by atoms with Gasteiger partial charge < -0.3 is 5.32 Å². The van der Waals surface area contributed by atoms with Gasteiger partial charge in [0, 0.05) is 22.1 Å². The van der Waals surface area contributed by atoms with Crippen LogP contribution in [0.1, 0.15) is 37.1 Å². The monoisotopic (exact) mass is 321 g/mol. The van der Waals surface area contributed by atoms with Gasteiger partial charge >= 0.3 is 0 Å². The molecule has 2 atom stereocenters. The summed E-state index contributed by atoms with van der Waals surface area (Å²) < 4.78 is 14.8. The standard InChI is InChI=1S/C16H17BrFN/c1-11(13-7-3-5-9-15(13)17)19-12(2)14-8-4-6-10-16(14)18/h3-12,19H,1-2H3/t11-,12?/m1/s1. The average Bonchev–Trinajstić information content (AvgIpc) is 2.39. The second-order valence-corrected chi connectivity index (χ2v) is 5.51. The van der Waals surface area contributed by atoms with Crippen molar-refractivity contribution in [2.24, 2.45) is 0 Å². The molecular formula is C16H17BrFN. The smallest absolute Gasteiger partial charge is 0.127 e. The van der Waals surface area contributed by atoms with Gasteiger partial charge in [-0.15, -0.1) is 0 Å². The summed E-state index contributed by atoms with van der Waals surface area (Å²) in [7, 11) is 0. The third-order valence-electron chi connectivity index (χ3n) is 3.24. The van der Waals surface area contributed by atoms with E-state index >= 15 is 0 Å². The third-order valence-corrected chi connectivity index (χ3v) is 3.97. The SMILES string of the molecule is CC(N[C@H](C)c1ccccc1Br)c1ccccc1F. The number of rotatable bonds is 4. The van der Waals surface area contributed by atoms with E-state index in [9.17, 15) is 4.39 Å². The van der Waals surface area contributed by atoms with E-state index < -0.39 is 0 Å². The summed E-state index contributed by atoms with van der Waals surface area (Å²) >= 11 is 3.54. The van der Waals surface area contributed by atoms with Gasteiger partial charge in [-0.25, -0.2) is 4.39 Å². The lowest BCUT2D eigenvalue weighted by Crippen LogP contribution is -2.23. The average molecular weight is 322 g/mol. The zero-order chi connectivity index (χ0) is 13.8. The largest absolute Gasteiger partial charge is 0.304 e. The highest BCUT2D eigenvalue weighted by Crippen LogP contribution is 2.26. The highest BCUT2D eigenvalue weighted by atomic mass is 79.9. The maximum atomic E-state index is 13.7. The molecule has 1 nitrogen and oxygen atoms in total. The predicted molar refractivity (Wildman–Crippen MR) is 80.5 cm³/mol. The maximum absolute atomic E-state index is 13.7. The van der Waals surface area contributed by atoms with Crippen LogP contribution in [-0.4, -0.2) is 0 Å². The number of benzene rings is 2. The van der Waals surface area contributed by atoms with Gasteiger partial charge in [-0.1, -0.05) is 52.3 Å². The molecule has 19 heavy (non-hydrogen) atoms. The molecule has 2 aromatic rings. The van der Waals surface area contributed by atoms with Crippen molar-refractivity contribution in [3.05, 3.63) is 69.9 Å². The first kappa shape index (κ1) is 14.2. The molecule has 1 unspecified atom stereocenters.